The molecule has 1 unspecified atom stereocenters. The molecule has 3 rings (SSSR count). The summed E-state index contributed by atoms with van der Waals surface area (Å²) in [5.41, 5.74) is 3.67. The van der Waals surface area contributed by atoms with Crippen molar-refractivity contribution in [2.75, 3.05) is 13.2 Å². The van der Waals surface area contributed by atoms with E-state index in [0.717, 1.165) is 31.1 Å². The lowest BCUT2D eigenvalue weighted by atomic mass is 10.0. The standard InChI is InChI=1S/C16H18N2O/c1-12-5-4-8-18-15(12)10-17-9-13-11-19-16-7-3-2-6-14(13)16/h2-8,13,17H,9-11H2,1H3. The number of pyridine rings is 1. The number of hydrogen-bond acceptors (Lipinski definition) is 3. The molecule has 0 bridgehead atoms. The zero-order chi connectivity index (χ0) is 13.1. The lowest BCUT2D eigenvalue weighted by molar-refractivity contribution is 0.326. The molecule has 0 radical (unpaired) electrons. The van der Waals surface area contributed by atoms with Crippen molar-refractivity contribution in [2.45, 2.75) is 19.4 Å². The first kappa shape index (κ1) is 12.2. The fourth-order valence-electron chi connectivity index (χ4n) is 2.47. The van der Waals surface area contributed by atoms with Gasteiger partial charge in [0.25, 0.3) is 0 Å². The van der Waals surface area contributed by atoms with Crippen LogP contribution in [0.4, 0.5) is 0 Å². The fraction of sp³-hybridized carbons (Fsp3) is 0.312. The van der Waals surface area contributed by atoms with Gasteiger partial charge in [-0.1, -0.05) is 24.3 Å². The fourth-order valence-corrected chi connectivity index (χ4v) is 2.47. The summed E-state index contributed by atoms with van der Waals surface area (Å²) in [6, 6.07) is 12.4. The van der Waals surface area contributed by atoms with Crippen molar-refractivity contribution in [3.05, 3.63) is 59.4 Å². The minimum atomic E-state index is 0.445. The van der Waals surface area contributed by atoms with Crippen LogP contribution < -0.4 is 10.1 Å². The average molecular weight is 254 g/mol. The van der Waals surface area contributed by atoms with Crippen molar-refractivity contribution in [3.8, 4) is 5.75 Å². The summed E-state index contributed by atoms with van der Waals surface area (Å²) in [4.78, 5) is 4.39. The van der Waals surface area contributed by atoms with Gasteiger partial charge in [0.05, 0.1) is 12.3 Å². The summed E-state index contributed by atoms with van der Waals surface area (Å²) in [6.07, 6.45) is 1.85. The molecular weight excluding hydrogens is 236 g/mol. The Bertz CT molecular complexity index is 568. The highest BCUT2D eigenvalue weighted by atomic mass is 16.5. The Hall–Kier alpha value is -1.87. The van der Waals surface area contributed by atoms with E-state index in [9.17, 15) is 0 Å². The van der Waals surface area contributed by atoms with Crippen LogP contribution in [0.3, 0.4) is 0 Å². The van der Waals surface area contributed by atoms with E-state index in [1.165, 1.54) is 11.1 Å². The molecule has 1 N–H and O–H groups in total. The number of benzene rings is 1. The molecule has 1 aliphatic heterocycles. The summed E-state index contributed by atoms with van der Waals surface area (Å²) >= 11 is 0. The van der Waals surface area contributed by atoms with Gasteiger partial charge in [0.2, 0.25) is 0 Å². The lowest BCUT2D eigenvalue weighted by Gasteiger charge is -2.11. The third-order valence-electron chi connectivity index (χ3n) is 3.60. The van der Waals surface area contributed by atoms with Crippen molar-refractivity contribution in [1.29, 1.82) is 0 Å². The molecule has 1 aliphatic rings. The van der Waals surface area contributed by atoms with E-state index in [1.807, 2.05) is 24.4 Å². The van der Waals surface area contributed by atoms with Crippen molar-refractivity contribution < 1.29 is 4.74 Å². The second-order valence-corrected chi connectivity index (χ2v) is 4.94. The number of para-hydroxylation sites is 1. The van der Waals surface area contributed by atoms with E-state index in [-0.39, 0.29) is 0 Å². The van der Waals surface area contributed by atoms with E-state index in [0.29, 0.717) is 5.92 Å². The number of nitrogens with zero attached hydrogens (tertiary/aromatic N) is 1. The van der Waals surface area contributed by atoms with Crippen LogP contribution >= 0.6 is 0 Å². The molecule has 0 fully saturated rings. The number of ether oxygens (including phenoxy) is 1. The molecule has 3 heteroatoms. The maximum absolute atomic E-state index is 5.68. The van der Waals surface area contributed by atoms with E-state index in [2.05, 4.69) is 35.4 Å². The van der Waals surface area contributed by atoms with Gasteiger partial charge in [0.15, 0.2) is 0 Å². The Balaban J connectivity index is 1.58. The SMILES string of the molecule is Cc1cccnc1CNCC1COc2ccccc21. The lowest BCUT2D eigenvalue weighted by Crippen LogP contribution is -2.23. The molecular formula is C16H18N2O. The maximum atomic E-state index is 5.68. The minimum Gasteiger partial charge on any atom is -0.493 e. The molecule has 0 saturated carbocycles. The molecule has 3 nitrogen and oxygen atoms in total. The first-order chi connectivity index (χ1) is 9.34. The zero-order valence-electron chi connectivity index (χ0n) is 11.1. The summed E-state index contributed by atoms with van der Waals surface area (Å²) < 4.78 is 5.68. The van der Waals surface area contributed by atoms with Gasteiger partial charge in [0, 0.05) is 30.8 Å². The predicted molar refractivity (Wildman–Crippen MR) is 75.4 cm³/mol. The van der Waals surface area contributed by atoms with Gasteiger partial charge in [-0.25, -0.2) is 0 Å². The molecule has 1 aromatic carbocycles. The summed E-state index contributed by atoms with van der Waals surface area (Å²) in [5, 5.41) is 3.48. The summed E-state index contributed by atoms with van der Waals surface area (Å²) in [5.74, 6) is 1.48. The van der Waals surface area contributed by atoms with Crippen LogP contribution in [0.15, 0.2) is 42.6 Å². The number of aryl methyl sites for hydroxylation is 1. The smallest absolute Gasteiger partial charge is 0.122 e. The van der Waals surface area contributed by atoms with E-state index in [1.54, 1.807) is 0 Å². The van der Waals surface area contributed by atoms with Crippen LogP contribution in [0, 0.1) is 6.92 Å². The van der Waals surface area contributed by atoms with E-state index < -0.39 is 0 Å². The minimum absolute atomic E-state index is 0.445. The van der Waals surface area contributed by atoms with Crippen molar-refractivity contribution in [3.63, 3.8) is 0 Å². The first-order valence-corrected chi connectivity index (χ1v) is 6.67. The zero-order valence-corrected chi connectivity index (χ0v) is 11.1. The molecule has 0 amide bonds. The second-order valence-electron chi connectivity index (χ2n) is 4.94. The number of fused-ring (bicyclic) bond motifs is 1. The normalized spacial score (nSPS) is 17.0. The predicted octanol–water partition coefficient (Wildman–Crippen LogP) is 2.66. The van der Waals surface area contributed by atoms with Gasteiger partial charge in [0.1, 0.15) is 5.75 Å². The largest absolute Gasteiger partial charge is 0.493 e. The molecule has 2 heterocycles. The number of nitrogens with one attached hydrogen (secondary N) is 1. The molecule has 0 aliphatic carbocycles. The van der Waals surface area contributed by atoms with Gasteiger partial charge >= 0.3 is 0 Å². The Labute approximate surface area is 113 Å². The number of hydrogen-bond donors (Lipinski definition) is 1. The number of aromatic nitrogens is 1. The molecule has 1 aromatic heterocycles. The molecule has 19 heavy (non-hydrogen) atoms. The van der Waals surface area contributed by atoms with Gasteiger partial charge in [-0.2, -0.15) is 0 Å². The van der Waals surface area contributed by atoms with Gasteiger partial charge in [-0.15, -0.1) is 0 Å². The summed E-state index contributed by atoms with van der Waals surface area (Å²) in [6.45, 7) is 4.60. The van der Waals surface area contributed by atoms with Crippen LogP contribution in [0.2, 0.25) is 0 Å². The molecule has 0 spiro atoms. The van der Waals surface area contributed by atoms with Crippen LogP contribution in [-0.4, -0.2) is 18.1 Å². The summed E-state index contributed by atoms with van der Waals surface area (Å²) in [7, 11) is 0. The Morgan fingerprint density at radius 1 is 1.26 bits per heavy atom. The quantitative estimate of drug-likeness (QED) is 0.910. The Morgan fingerprint density at radius 3 is 3.05 bits per heavy atom. The Kier molecular flexibility index (Phi) is 3.47. The van der Waals surface area contributed by atoms with Crippen LogP contribution in [0.1, 0.15) is 22.7 Å². The van der Waals surface area contributed by atoms with Crippen LogP contribution in [-0.2, 0) is 6.54 Å². The maximum Gasteiger partial charge on any atom is 0.122 e. The highest BCUT2D eigenvalue weighted by Crippen LogP contribution is 2.32. The highest BCUT2D eigenvalue weighted by molar-refractivity contribution is 5.39. The highest BCUT2D eigenvalue weighted by Gasteiger charge is 2.22. The third-order valence-corrected chi connectivity index (χ3v) is 3.60. The topological polar surface area (TPSA) is 34.2 Å². The van der Waals surface area contributed by atoms with Gasteiger partial charge in [-0.05, 0) is 24.6 Å². The van der Waals surface area contributed by atoms with Crippen molar-refractivity contribution in [2.24, 2.45) is 0 Å². The van der Waals surface area contributed by atoms with Crippen molar-refractivity contribution in [1.82, 2.24) is 10.3 Å². The third kappa shape index (κ3) is 2.61. The van der Waals surface area contributed by atoms with E-state index >= 15 is 0 Å². The molecule has 0 saturated heterocycles. The second kappa shape index (κ2) is 5.41. The van der Waals surface area contributed by atoms with Gasteiger partial charge < -0.3 is 10.1 Å². The van der Waals surface area contributed by atoms with Crippen LogP contribution in [0.25, 0.3) is 0 Å². The molecule has 1 atom stereocenters. The van der Waals surface area contributed by atoms with E-state index in [4.69, 9.17) is 4.74 Å². The molecule has 98 valence electrons. The Morgan fingerprint density at radius 2 is 2.16 bits per heavy atom. The monoisotopic (exact) mass is 254 g/mol. The average Bonchev–Trinajstić information content (AvgIpc) is 2.85. The van der Waals surface area contributed by atoms with Crippen LogP contribution in [0.5, 0.6) is 5.75 Å². The van der Waals surface area contributed by atoms with Crippen molar-refractivity contribution >= 4 is 0 Å². The van der Waals surface area contributed by atoms with Gasteiger partial charge in [-0.3, -0.25) is 4.98 Å². The molecule has 2 aromatic rings. The first-order valence-electron chi connectivity index (χ1n) is 6.67. The number of rotatable bonds is 4.